The van der Waals surface area contributed by atoms with Crippen molar-refractivity contribution >= 4 is 23.4 Å². The van der Waals surface area contributed by atoms with Gasteiger partial charge in [-0.1, -0.05) is 36.4 Å². The van der Waals surface area contributed by atoms with E-state index in [-0.39, 0.29) is 42.7 Å². The lowest BCUT2D eigenvalue weighted by Crippen LogP contribution is -2.56. The van der Waals surface area contributed by atoms with Crippen LogP contribution in [0.15, 0.2) is 72.8 Å². The number of urea groups is 2. The van der Waals surface area contributed by atoms with Crippen molar-refractivity contribution in [3.05, 3.63) is 95.6 Å². The first-order chi connectivity index (χ1) is 18.3. The number of nitrogens with zero attached hydrogens (tertiary/aromatic N) is 1. The van der Waals surface area contributed by atoms with Crippen molar-refractivity contribution in [3.63, 3.8) is 0 Å². The Morgan fingerprint density at radius 1 is 0.895 bits per heavy atom. The minimum Gasteiger partial charge on any atom is -0.389 e. The highest BCUT2D eigenvalue weighted by Gasteiger charge is 2.49. The number of fused-ring (bicyclic) bond motifs is 2. The molecule has 4 N–H and O–H groups in total. The minimum absolute atomic E-state index is 0.0826. The molecule has 3 aromatic carbocycles. The summed E-state index contributed by atoms with van der Waals surface area (Å²) in [6.45, 7) is 0.273. The summed E-state index contributed by atoms with van der Waals surface area (Å²) in [6, 6.07) is 18.9. The van der Waals surface area contributed by atoms with Gasteiger partial charge in [0.25, 0.3) is 0 Å². The van der Waals surface area contributed by atoms with E-state index in [2.05, 4.69) is 16.0 Å². The van der Waals surface area contributed by atoms with E-state index in [1.54, 1.807) is 35.2 Å². The summed E-state index contributed by atoms with van der Waals surface area (Å²) in [7, 11) is 0. The van der Waals surface area contributed by atoms with E-state index in [9.17, 15) is 23.5 Å². The zero-order valence-corrected chi connectivity index (χ0v) is 20.8. The minimum atomic E-state index is -1.15. The van der Waals surface area contributed by atoms with Crippen LogP contribution in [0.25, 0.3) is 0 Å². The first kappa shape index (κ1) is 25.7. The molecule has 2 fully saturated rings. The Morgan fingerprint density at radius 3 is 2.29 bits per heavy atom. The molecular formula is C29H30F2N4O3. The van der Waals surface area contributed by atoms with Crippen molar-refractivity contribution < 1.29 is 23.5 Å². The van der Waals surface area contributed by atoms with Crippen LogP contribution in [-0.4, -0.2) is 39.8 Å². The Balaban J connectivity index is 1.16. The van der Waals surface area contributed by atoms with Gasteiger partial charge in [-0.25, -0.2) is 18.4 Å². The van der Waals surface area contributed by atoms with Crippen LogP contribution in [0.4, 0.5) is 29.7 Å². The van der Waals surface area contributed by atoms with E-state index in [1.165, 1.54) is 12.1 Å². The Hall–Kier alpha value is -3.98. The predicted octanol–water partition coefficient (Wildman–Crippen LogP) is 5.42. The zero-order valence-electron chi connectivity index (χ0n) is 20.8. The molecule has 2 heterocycles. The number of aliphatic hydroxyl groups is 1. The van der Waals surface area contributed by atoms with Crippen LogP contribution < -0.4 is 16.0 Å². The van der Waals surface area contributed by atoms with Crippen LogP contribution in [0.1, 0.15) is 36.8 Å². The molecule has 2 aliphatic rings. The Morgan fingerprint density at radius 2 is 1.58 bits per heavy atom. The number of hydrogen-bond acceptors (Lipinski definition) is 3. The summed E-state index contributed by atoms with van der Waals surface area (Å²) in [5, 5.41) is 19.8. The number of hydrogen-bond donors (Lipinski definition) is 4. The van der Waals surface area contributed by atoms with E-state index < -0.39 is 17.2 Å². The predicted molar refractivity (Wildman–Crippen MR) is 141 cm³/mol. The molecule has 2 saturated heterocycles. The highest BCUT2D eigenvalue weighted by atomic mass is 19.1. The number of anilines is 2. The van der Waals surface area contributed by atoms with Crippen molar-refractivity contribution in [1.82, 2.24) is 10.2 Å². The number of carbonyl (C=O) groups is 2. The first-order valence-corrected chi connectivity index (χ1v) is 12.7. The van der Waals surface area contributed by atoms with E-state index >= 15 is 0 Å². The number of nitrogens with one attached hydrogen (secondary N) is 3. The van der Waals surface area contributed by atoms with Gasteiger partial charge in [-0.3, -0.25) is 0 Å². The molecule has 2 bridgehead atoms. The van der Waals surface area contributed by atoms with Crippen molar-refractivity contribution in [1.29, 1.82) is 0 Å². The monoisotopic (exact) mass is 520 g/mol. The van der Waals surface area contributed by atoms with E-state index in [0.717, 1.165) is 24.5 Å². The molecule has 0 radical (unpaired) electrons. The third kappa shape index (κ3) is 5.94. The van der Waals surface area contributed by atoms with Gasteiger partial charge in [-0.05, 0) is 67.1 Å². The van der Waals surface area contributed by atoms with Gasteiger partial charge < -0.3 is 26.0 Å². The molecule has 3 aromatic rings. The lowest BCUT2D eigenvalue weighted by Gasteiger charge is -2.44. The summed E-state index contributed by atoms with van der Waals surface area (Å²) in [5.41, 5.74) is 1.22. The summed E-state index contributed by atoms with van der Waals surface area (Å²) in [6.07, 6.45) is 2.29. The van der Waals surface area contributed by atoms with Crippen LogP contribution in [0.5, 0.6) is 0 Å². The van der Waals surface area contributed by atoms with Gasteiger partial charge in [0.15, 0.2) is 0 Å². The van der Waals surface area contributed by atoms with Gasteiger partial charge in [0.2, 0.25) is 0 Å². The molecule has 0 spiro atoms. The standard InChI is InChI=1S/C29H30F2N4O3/c30-21-10-9-20(26(31)14-21)15-29(38)16-24-11-12-25(17-29)35(24)28(37)32-18-19-5-4-8-23(13-19)34-27(36)33-22-6-2-1-3-7-22/h1-10,13-14,24-25,38H,11-12,15-18H2,(H,32,37)(H2,33,34,36). The van der Waals surface area contributed by atoms with Gasteiger partial charge in [0.1, 0.15) is 11.6 Å². The fourth-order valence-electron chi connectivity index (χ4n) is 5.66. The highest BCUT2D eigenvalue weighted by molar-refractivity contribution is 5.99. The summed E-state index contributed by atoms with van der Waals surface area (Å²) in [5.74, 6) is -1.32. The average molecular weight is 521 g/mol. The van der Waals surface area contributed by atoms with Crippen LogP contribution in [0, 0.1) is 11.6 Å². The first-order valence-electron chi connectivity index (χ1n) is 12.7. The fraction of sp³-hybridized carbons (Fsp3) is 0.310. The van der Waals surface area contributed by atoms with Crippen molar-refractivity contribution in [2.45, 2.75) is 56.3 Å². The second kappa shape index (κ2) is 10.8. The van der Waals surface area contributed by atoms with Gasteiger partial charge in [0, 0.05) is 42.5 Å². The van der Waals surface area contributed by atoms with Crippen molar-refractivity contribution in [2.75, 3.05) is 10.6 Å². The summed E-state index contributed by atoms with van der Waals surface area (Å²) < 4.78 is 27.5. The quantitative estimate of drug-likeness (QED) is 0.350. The van der Waals surface area contributed by atoms with E-state index in [1.807, 2.05) is 24.3 Å². The number of carbonyl (C=O) groups excluding carboxylic acids is 2. The molecule has 0 saturated carbocycles. The fourth-order valence-corrected chi connectivity index (χ4v) is 5.66. The van der Waals surface area contributed by atoms with Gasteiger partial charge in [-0.2, -0.15) is 0 Å². The maximum absolute atomic E-state index is 14.2. The van der Waals surface area contributed by atoms with Crippen LogP contribution in [0.3, 0.4) is 0 Å². The van der Waals surface area contributed by atoms with E-state index in [0.29, 0.717) is 24.2 Å². The molecule has 7 nitrogen and oxygen atoms in total. The maximum Gasteiger partial charge on any atom is 0.323 e. The number of amides is 4. The zero-order chi connectivity index (χ0) is 26.7. The second-order valence-electron chi connectivity index (χ2n) is 10.1. The number of benzene rings is 3. The molecular weight excluding hydrogens is 490 g/mol. The molecule has 0 aliphatic carbocycles. The Bertz CT molecular complexity index is 1310. The molecule has 2 unspecified atom stereocenters. The van der Waals surface area contributed by atoms with Gasteiger partial charge in [0.05, 0.1) is 5.60 Å². The molecule has 9 heteroatoms. The third-order valence-corrected chi connectivity index (χ3v) is 7.28. The molecule has 4 amide bonds. The average Bonchev–Trinajstić information content (AvgIpc) is 3.17. The van der Waals surface area contributed by atoms with Crippen LogP contribution in [0.2, 0.25) is 0 Å². The molecule has 5 rings (SSSR count). The van der Waals surface area contributed by atoms with Crippen LogP contribution in [-0.2, 0) is 13.0 Å². The summed E-state index contributed by atoms with van der Waals surface area (Å²) in [4.78, 5) is 27.2. The number of piperidine rings is 1. The van der Waals surface area contributed by atoms with Gasteiger partial charge >= 0.3 is 12.1 Å². The Labute approximate surface area is 219 Å². The van der Waals surface area contributed by atoms with Crippen LogP contribution >= 0.6 is 0 Å². The lowest BCUT2D eigenvalue weighted by atomic mass is 9.81. The summed E-state index contributed by atoms with van der Waals surface area (Å²) >= 11 is 0. The largest absolute Gasteiger partial charge is 0.389 e. The topological polar surface area (TPSA) is 93.7 Å². The lowest BCUT2D eigenvalue weighted by molar-refractivity contribution is -0.0387. The number of para-hydroxylation sites is 1. The second-order valence-corrected chi connectivity index (χ2v) is 10.1. The molecule has 0 aromatic heterocycles. The number of rotatable bonds is 6. The smallest absolute Gasteiger partial charge is 0.323 e. The highest BCUT2D eigenvalue weighted by Crippen LogP contribution is 2.42. The van der Waals surface area contributed by atoms with Crippen molar-refractivity contribution in [3.8, 4) is 0 Å². The molecule has 2 aliphatic heterocycles. The molecule has 38 heavy (non-hydrogen) atoms. The van der Waals surface area contributed by atoms with Gasteiger partial charge in [-0.15, -0.1) is 0 Å². The maximum atomic E-state index is 14.2. The third-order valence-electron chi connectivity index (χ3n) is 7.28. The molecule has 198 valence electrons. The van der Waals surface area contributed by atoms with Crippen molar-refractivity contribution in [2.24, 2.45) is 0 Å². The van der Waals surface area contributed by atoms with E-state index in [4.69, 9.17) is 0 Å². The normalized spacial score (nSPS) is 22.1. The SMILES string of the molecule is O=C(Nc1ccccc1)Nc1cccc(CNC(=O)N2C3CCC2CC(O)(Cc2ccc(F)cc2F)C3)c1. The number of halogens is 2. The Kier molecular flexibility index (Phi) is 7.28. The molecule has 2 atom stereocenters.